The average molecular weight is 474 g/mol. The van der Waals surface area contributed by atoms with Crippen LogP contribution >= 0.6 is 11.6 Å². The molecule has 2 aliphatic rings. The van der Waals surface area contributed by atoms with Gasteiger partial charge in [0, 0.05) is 24.1 Å². The van der Waals surface area contributed by atoms with Crippen LogP contribution in [0, 0.1) is 0 Å². The lowest BCUT2D eigenvalue weighted by Gasteiger charge is -2.35. The summed E-state index contributed by atoms with van der Waals surface area (Å²) in [6, 6.07) is 9.10. The van der Waals surface area contributed by atoms with E-state index in [0.29, 0.717) is 18.1 Å². The standard InChI is InChI=1S/C21H23ClF3N3O4/c22-13-1-4-15(5-2-13)28-8-7-18(27-28)19-6-3-14(11-31-19)26-20(29)12-30-16-9-17(10-16)32-21(23,24)25/h1-2,4-5,7-8,14,16-17,19H,3,6,9-12H2,(H,26,29)/t14-,16?,17?,19+/m0/s1. The third-order valence-electron chi connectivity index (χ3n) is 5.47. The molecule has 7 nitrogen and oxygen atoms in total. The number of carbonyl (C=O) groups is 1. The van der Waals surface area contributed by atoms with Gasteiger partial charge in [0.25, 0.3) is 0 Å². The molecule has 0 unspecified atom stereocenters. The number of amides is 1. The summed E-state index contributed by atoms with van der Waals surface area (Å²) in [5.41, 5.74) is 1.71. The molecular formula is C21H23ClF3N3O4. The van der Waals surface area contributed by atoms with Gasteiger partial charge < -0.3 is 14.8 Å². The molecule has 0 bridgehead atoms. The molecule has 1 aliphatic carbocycles. The summed E-state index contributed by atoms with van der Waals surface area (Å²) in [5, 5.41) is 8.07. The number of nitrogens with one attached hydrogen (secondary N) is 1. The number of benzene rings is 1. The Bertz CT molecular complexity index is 908. The minimum atomic E-state index is -4.64. The Hall–Kier alpha value is -2.14. The predicted molar refractivity (Wildman–Crippen MR) is 108 cm³/mol. The fourth-order valence-corrected chi connectivity index (χ4v) is 3.87. The van der Waals surface area contributed by atoms with Gasteiger partial charge in [-0.2, -0.15) is 5.10 Å². The second-order valence-electron chi connectivity index (χ2n) is 7.92. The van der Waals surface area contributed by atoms with Crippen molar-refractivity contribution in [1.29, 1.82) is 0 Å². The number of hydrogen-bond acceptors (Lipinski definition) is 5. The van der Waals surface area contributed by atoms with Crippen LogP contribution in [0.4, 0.5) is 13.2 Å². The lowest BCUT2D eigenvalue weighted by atomic mass is 9.92. The molecule has 2 heterocycles. The number of rotatable bonds is 7. The summed E-state index contributed by atoms with van der Waals surface area (Å²) >= 11 is 5.92. The number of aromatic nitrogens is 2. The van der Waals surface area contributed by atoms with Crippen LogP contribution in [0.3, 0.4) is 0 Å². The first-order valence-electron chi connectivity index (χ1n) is 10.3. The van der Waals surface area contributed by atoms with Crippen LogP contribution in [-0.2, 0) is 19.0 Å². The van der Waals surface area contributed by atoms with Gasteiger partial charge in [0.05, 0.1) is 36.2 Å². The predicted octanol–water partition coefficient (Wildman–Crippen LogP) is 3.95. The van der Waals surface area contributed by atoms with Gasteiger partial charge in [-0.3, -0.25) is 9.53 Å². The van der Waals surface area contributed by atoms with E-state index in [1.165, 1.54) is 0 Å². The largest absolute Gasteiger partial charge is 0.522 e. The maximum atomic E-state index is 12.1. The van der Waals surface area contributed by atoms with Gasteiger partial charge in [-0.15, -0.1) is 13.2 Å². The molecular weight excluding hydrogens is 451 g/mol. The second kappa shape index (κ2) is 9.78. The van der Waals surface area contributed by atoms with E-state index in [9.17, 15) is 18.0 Å². The third-order valence-corrected chi connectivity index (χ3v) is 5.73. The smallest absolute Gasteiger partial charge is 0.370 e. The van der Waals surface area contributed by atoms with Gasteiger partial charge in [0.2, 0.25) is 5.91 Å². The molecule has 1 amide bonds. The van der Waals surface area contributed by atoms with E-state index in [2.05, 4.69) is 15.2 Å². The highest BCUT2D eigenvalue weighted by Crippen LogP contribution is 2.32. The summed E-state index contributed by atoms with van der Waals surface area (Å²) in [6.07, 6.45) is -2.55. The third kappa shape index (κ3) is 6.22. The minimum Gasteiger partial charge on any atom is -0.370 e. The Morgan fingerprint density at radius 1 is 1.19 bits per heavy atom. The van der Waals surface area contributed by atoms with Gasteiger partial charge in [-0.1, -0.05) is 11.6 Å². The lowest BCUT2D eigenvalue weighted by Crippen LogP contribution is -2.45. The first-order valence-corrected chi connectivity index (χ1v) is 10.7. The first kappa shape index (κ1) is 23.0. The summed E-state index contributed by atoms with van der Waals surface area (Å²) in [5.74, 6) is -0.316. The van der Waals surface area contributed by atoms with Crippen LogP contribution in [0.15, 0.2) is 36.5 Å². The Morgan fingerprint density at radius 3 is 2.59 bits per heavy atom. The highest BCUT2D eigenvalue weighted by atomic mass is 35.5. The number of carbonyl (C=O) groups excluding carboxylic acids is 1. The molecule has 1 aliphatic heterocycles. The summed E-state index contributed by atoms with van der Waals surface area (Å²) < 4.78 is 53.2. The maximum Gasteiger partial charge on any atom is 0.522 e. The molecule has 1 aromatic carbocycles. The van der Waals surface area contributed by atoms with Crippen molar-refractivity contribution < 1.29 is 32.2 Å². The molecule has 1 saturated heterocycles. The summed E-state index contributed by atoms with van der Waals surface area (Å²) in [6.45, 7) is 0.143. The van der Waals surface area contributed by atoms with Crippen molar-refractivity contribution in [3.8, 4) is 5.69 Å². The number of halogens is 4. The topological polar surface area (TPSA) is 74.6 Å². The van der Waals surface area contributed by atoms with Gasteiger partial charge >= 0.3 is 6.36 Å². The van der Waals surface area contributed by atoms with E-state index >= 15 is 0 Å². The van der Waals surface area contributed by atoms with Crippen molar-refractivity contribution in [2.24, 2.45) is 0 Å². The van der Waals surface area contributed by atoms with Crippen molar-refractivity contribution in [3.63, 3.8) is 0 Å². The van der Waals surface area contributed by atoms with Crippen molar-refractivity contribution in [2.75, 3.05) is 13.2 Å². The fourth-order valence-electron chi connectivity index (χ4n) is 3.75. The average Bonchev–Trinajstić information content (AvgIpc) is 3.20. The van der Waals surface area contributed by atoms with E-state index < -0.39 is 18.6 Å². The summed E-state index contributed by atoms with van der Waals surface area (Å²) in [4.78, 5) is 12.1. The Balaban J connectivity index is 1.16. The number of alkyl halides is 3. The number of nitrogens with zero attached hydrogens (tertiary/aromatic N) is 2. The van der Waals surface area contributed by atoms with Crippen LogP contribution < -0.4 is 5.32 Å². The molecule has 4 rings (SSSR count). The van der Waals surface area contributed by atoms with Gasteiger partial charge in [-0.05, 0) is 43.2 Å². The molecule has 1 aromatic heterocycles. The van der Waals surface area contributed by atoms with Crippen LogP contribution in [0.25, 0.3) is 5.69 Å². The van der Waals surface area contributed by atoms with E-state index in [0.717, 1.165) is 17.8 Å². The highest BCUT2D eigenvalue weighted by molar-refractivity contribution is 6.30. The van der Waals surface area contributed by atoms with Crippen LogP contribution in [0.1, 0.15) is 37.5 Å². The van der Waals surface area contributed by atoms with Crippen LogP contribution in [0.2, 0.25) is 5.02 Å². The molecule has 0 spiro atoms. The number of ether oxygens (including phenoxy) is 3. The molecule has 32 heavy (non-hydrogen) atoms. The molecule has 1 saturated carbocycles. The Kier molecular flexibility index (Phi) is 7.04. The quantitative estimate of drug-likeness (QED) is 0.659. The van der Waals surface area contributed by atoms with Crippen molar-refractivity contribution in [1.82, 2.24) is 15.1 Å². The summed E-state index contributed by atoms with van der Waals surface area (Å²) in [7, 11) is 0. The van der Waals surface area contributed by atoms with Crippen molar-refractivity contribution in [2.45, 2.75) is 56.4 Å². The zero-order chi connectivity index (χ0) is 22.7. The van der Waals surface area contributed by atoms with E-state index in [4.69, 9.17) is 21.1 Å². The first-order chi connectivity index (χ1) is 15.2. The van der Waals surface area contributed by atoms with Crippen molar-refractivity contribution in [3.05, 3.63) is 47.2 Å². The van der Waals surface area contributed by atoms with Gasteiger partial charge in [0.15, 0.2) is 0 Å². The van der Waals surface area contributed by atoms with Crippen molar-refractivity contribution >= 4 is 17.5 Å². The second-order valence-corrected chi connectivity index (χ2v) is 8.35. The van der Waals surface area contributed by atoms with Gasteiger partial charge in [-0.25, -0.2) is 4.68 Å². The maximum absolute atomic E-state index is 12.1. The molecule has 2 fully saturated rings. The van der Waals surface area contributed by atoms with E-state index in [1.54, 1.807) is 16.8 Å². The van der Waals surface area contributed by atoms with E-state index in [1.807, 2.05) is 24.4 Å². The normalized spacial score (nSPS) is 25.9. The van der Waals surface area contributed by atoms with Gasteiger partial charge in [0.1, 0.15) is 12.7 Å². The molecule has 174 valence electrons. The van der Waals surface area contributed by atoms with E-state index in [-0.39, 0.29) is 37.5 Å². The zero-order valence-electron chi connectivity index (χ0n) is 17.1. The molecule has 1 N–H and O–H groups in total. The van der Waals surface area contributed by atoms with Crippen LogP contribution in [0.5, 0.6) is 0 Å². The molecule has 0 radical (unpaired) electrons. The minimum absolute atomic E-state index is 0.129. The monoisotopic (exact) mass is 473 g/mol. The Labute approximate surface area is 187 Å². The fraction of sp³-hybridized carbons (Fsp3) is 0.524. The SMILES string of the molecule is O=C(COC1CC(OC(F)(F)F)C1)N[C@H]1CC[C@H](c2ccn(-c3ccc(Cl)cc3)n2)OC1. The molecule has 11 heteroatoms. The lowest BCUT2D eigenvalue weighted by molar-refractivity contribution is -0.357. The zero-order valence-corrected chi connectivity index (χ0v) is 17.8. The molecule has 2 atom stereocenters. The molecule has 2 aromatic rings. The number of hydrogen-bond donors (Lipinski definition) is 1. The Morgan fingerprint density at radius 2 is 1.94 bits per heavy atom. The highest BCUT2D eigenvalue weighted by Gasteiger charge is 2.40. The van der Waals surface area contributed by atoms with Crippen LogP contribution in [-0.4, -0.2) is 53.5 Å².